The maximum atomic E-state index is 13.7. The molecule has 0 saturated carbocycles. The Morgan fingerprint density at radius 3 is 2.31 bits per heavy atom. The van der Waals surface area contributed by atoms with Crippen molar-refractivity contribution < 1.29 is 23.1 Å². The second-order valence-electron chi connectivity index (χ2n) is 10.1. The zero-order chi connectivity index (χ0) is 28.4. The molecule has 0 radical (unpaired) electrons. The van der Waals surface area contributed by atoms with Crippen LogP contribution in [0.3, 0.4) is 0 Å². The number of alkyl carbamates (subject to hydrolysis) is 1. The summed E-state index contributed by atoms with van der Waals surface area (Å²) in [5.74, 6) is -0.749. The lowest BCUT2D eigenvalue weighted by Crippen LogP contribution is -2.43. The molecule has 4 N–H and O–H groups in total. The fraction of sp³-hybridized carbons (Fsp3) is 0.393. The second kappa shape index (κ2) is 14.2. The van der Waals surface area contributed by atoms with Gasteiger partial charge in [0.1, 0.15) is 10.6 Å². The van der Waals surface area contributed by atoms with Gasteiger partial charge in [-0.2, -0.15) is 0 Å². The highest BCUT2D eigenvalue weighted by molar-refractivity contribution is 7.80. The van der Waals surface area contributed by atoms with Crippen LogP contribution in [0.1, 0.15) is 55.6 Å². The molecule has 0 bridgehead atoms. The Labute approximate surface area is 236 Å². The van der Waals surface area contributed by atoms with Gasteiger partial charge in [-0.25, -0.2) is 14.0 Å². The molecule has 11 heteroatoms. The van der Waals surface area contributed by atoms with Crippen LogP contribution in [0.4, 0.5) is 10.5 Å². The monoisotopic (exact) mass is 572 g/mol. The average Bonchev–Trinajstić information content (AvgIpc) is 3.36. The van der Waals surface area contributed by atoms with Gasteiger partial charge in [0.2, 0.25) is 5.91 Å². The van der Waals surface area contributed by atoms with E-state index < -0.39 is 34.9 Å². The van der Waals surface area contributed by atoms with Gasteiger partial charge in [-0.3, -0.25) is 14.1 Å². The molecule has 9 nitrogen and oxygen atoms in total. The number of aryl methyl sites for hydroxylation is 1. The van der Waals surface area contributed by atoms with E-state index in [-0.39, 0.29) is 12.5 Å². The van der Waals surface area contributed by atoms with E-state index in [0.717, 1.165) is 28.2 Å². The van der Waals surface area contributed by atoms with Crippen LogP contribution in [0.5, 0.6) is 0 Å². The van der Waals surface area contributed by atoms with Crippen molar-refractivity contribution >= 4 is 40.3 Å². The van der Waals surface area contributed by atoms with Gasteiger partial charge in [0, 0.05) is 17.6 Å². The van der Waals surface area contributed by atoms with Crippen LogP contribution < -0.4 is 15.4 Å². The summed E-state index contributed by atoms with van der Waals surface area (Å²) in [6.07, 6.45) is 1.12. The number of rotatable bonds is 12. The van der Waals surface area contributed by atoms with Gasteiger partial charge >= 0.3 is 6.09 Å². The summed E-state index contributed by atoms with van der Waals surface area (Å²) in [4.78, 5) is 30.7. The topological polar surface area (TPSA) is 130 Å². The fourth-order valence-corrected chi connectivity index (χ4v) is 5.15. The van der Waals surface area contributed by atoms with Crippen molar-refractivity contribution in [2.45, 2.75) is 58.6 Å². The van der Waals surface area contributed by atoms with Crippen LogP contribution in [-0.4, -0.2) is 37.9 Å². The molecule has 0 aliphatic heterocycles. The highest BCUT2D eigenvalue weighted by atomic mass is 32.2. The predicted octanol–water partition coefficient (Wildman–Crippen LogP) is 5.04. The van der Waals surface area contributed by atoms with Crippen LogP contribution in [-0.2, 0) is 40.1 Å². The highest BCUT2D eigenvalue weighted by Gasteiger charge is 2.26. The number of thiazole rings is 1. The zero-order valence-electron chi connectivity index (χ0n) is 22.6. The maximum absolute atomic E-state index is 13.7. The molecule has 0 saturated heterocycles. The van der Waals surface area contributed by atoms with Gasteiger partial charge in [0.25, 0.3) is 11.3 Å². The summed E-state index contributed by atoms with van der Waals surface area (Å²) in [7, 11) is 0. The lowest BCUT2D eigenvalue weighted by atomic mass is 9.97. The molecule has 210 valence electrons. The summed E-state index contributed by atoms with van der Waals surface area (Å²) in [6, 6.07) is 16.4. The number of aromatic nitrogens is 1. The number of carbonyl (C=O) groups excluding carboxylic acids is 2. The van der Waals surface area contributed by atoms with Gasteiger partial charge < -0.3 is 15.4 Å². The van der Waals surface area contributed by atoms with Crippen LogP contribution >= 0.6 is 11.3 Å². The van der Waals surface area contributed by atoms with Crippen molar-refractivity contribution in [2.75, 3.05) is 11.3 Å². The number of benzene rings is 2. The highest BCUT2D eigenvalue weighted by Crippen LogP contribution is 2.24. The van der Waals surface area contributed by atoms with Crippen LogP contribution in [0.25, 0.3) is 0 Å². The molecule has 1 unspecified atom stereocenters. The minimum absolute atomic E-state index is 0.110. The van der Waals surface area contributed by atoms with Crippen molar-refractivity contribution in [3.8, 4) is 0 Å². The predicted molar refractivity (Wildman–Crippen MR) is 155 cm³/mol. The number of nitrogens with zero attached hydrogens (tertiary/aromatic N) is 1. The van der Waals surface area contributed by atoms with Gasteiger partial charge in [0.15, 0.2) is 0 Å². The molecule has 0 aliphatic rings. The molecule has 0 aliphatic carbocycles. The second-order valence-corrected chi connectivity index (χ2v) is 11.7. The van der Waals surface area contributed by atoms with E-state index in [1.807, 2.05) is 54.8 Å². The summed E-state index contributed by atoms with van der Waals surface area (Å²) in [5.41, 5.74) is 2.72. The first-order valence-electron chi connectivity index (χ1n) is 12.7. The van der Waals surface area contributed by atoms with E-state index in [1.165, 1.54) is 11.3 Å². The van der Waals surface area contributed by atoms with E-state index in [0.29, 0.717) is 18.5 Å². The van der Waals surface area contributed by atoms with Crippen LogP contribution in [0, 0.1) is 5.92 Å². The van der Waals surface area contributed by atoms with Crippen molar-refractivity contribution in [1.82, 2.24) is 15.6 Å². The Balaban J connectivity index is 1.80. The van der Waals surface area contributed by atoms with E-state index >= 15 is 0 Å². The molecule has 1 aromatic heterocycles. The Bertz CT molecular complexity index is 1240. The third-order valence-electron chi connectivity index (χ3n) is 5.73. The minimum Gasteiger partial charge on any atom is -0.444 e. The van der Waals surface area contributed by atoms with Gasteiger partial charge in [-0.05, 0) is 63.3 Å². The molecule has 39 heavy (non-hydrogen) atoms. The van der Waals surface area contributed by atoms with E-state index in [1.54, 1.807) is 32.9 Å². The quantitative estimate of drug-likeness (QED) is 0.225. The first kappa shape index (κ1) is 30.3. The average molecular weight is 573 g/mol. The van der Waals surface area contributed by atoms with Crippen molar-refractivity contribution in [1.29, 1.82) is 0 Å². The molecular formula is C28H36N4O5S2. The summed E-state index contributed by atoms with van der Waals surface area (Å²) < 4.78 is 27.9. The Morgan fingerprint density at radius 2 is 1.72 bits per heavy atom. The molecule has 0 fully saturated rings. The van der Waals surface area contributed by atoms with Crippen molar-refractivity contribution in [2.24, 2.45) is 5.92 Å². The normalized spacial score (nSPS) is 13.7. The van der Waals surface area contributed by atoms with Gasteiger partial charge in [0.05, 0.1) is 17.7 Å². The largest absolute Gasteiger partial charge is 0.444 e. The van der Waals surface area contributed by atoms with E-state index in [4.69, 9.17) is 14.3 Å². The van der Waals surface area contributed by atoms with Crippen LogP contribution in [0.2, 0.25) is 0 Å². The maximum Gasteiger partial charge on any atom is 0.407 e. The summed E-state index contributed by atoms with van der Waals surface area (Å²) in [5, 5.41) is 8.70. The van der Waals surface area contributed by atoms with Gasteiger partial charge in [-0.1, -0.05) is 49.4 Å². The standard InChI is InChI=1S/C28H36N4O5S2/c1-5-22-18-38-26(30-22)24(16-20-11-13-23(14-12-20)32-39(35)36)31-25(33)21(15-19-9-7-6-8-10-19)17-29-27(34)37-28(2,3)4/h6-14,18,21,24,32H,5,15-17H2,1-4H3,(H,29,34)(H,31,33)(H,35,36)/t21-,24-/m0/s1. The number of anilines is 1. The first-order valence-corrected chi connectivity index (χ1v) is 14.7. The molecule has 2 amide bonds. The van der Waals surface area contributed by atoms with Crippen molar-refractivity contribution in [3.63, 3.8) is 0 Å². The smallest absolute Gasteiger partial charge is 0.407 e. The minimum atomic E-state index is -2.16. The lowest BCUT2D eigenvalue weighted by Gasteiger charge is -2.24. The fourth-order valence-electron chi connectivity index (χ4n) is 3.86. The van der Waals surface area contributed by atoms with Crippen molar-refractivity contribution in [3.05, 3.63) is 81.8 Å². The van der Waals surface area contributed by atoms with E-state index in [9.17, 15) is 13.8 Å². The number of amides is 2. The number of nitrogens with one attached hydrogen (secondary N) is 3. The van der Waals surface area contributed by atoms with Gasteiger partial charge in [-0.15, -0.1) is 11.3 Å². The third kappa shape index (κ3) is 10.4. The molecule has 1 heterocycles. The number of hydrogen-bond acceptors (Lipinski definition) is 6. The molecule has 3 aromatic rings. The lowest BCUT2D eigenvalue weighted by molar-refractivity contribution is -0.125. The molecule has 3 atom stereocenters. The Kier molecular flexibility index (Phi) is 11.0. The molecule has 3 rings (SSSR count). The van der Waals surface area contributed by atoms with E-state index in [2.05, 4.69) is 15.4 Å². The Morgan fingerprint density at radius 1 is 1.05 bits per heavy atom. The SMILES string of the molecule is CCc1csc([C@H](Cc2ccc(NS(=O)O)cc2)NC(=O)[C@H](CNC(=O)OC(C)(C)C)Cc2ccccc2)n1. The third-order valence-corrected chi connectivity index (χ3v) is 7.15. The number of hydrogen-bond donors (Lipinski definition) is 4. The molecule has 0 spiro atoms. The molecular weight excluding hydrogens is 536 g/mol. The first-order chi connectivity index (χ1) is 18.5. The number of carbonyl (C=O) groups is 2. The Hall–Kier alpha value is -3.28. The number of ether oxygens (including phenoxy) is 1. The summed E-state index contributed by atoms with van der Waals surface area (Å²) >= 11 is -0.664. The summed E-state index contributed by atoms with van der Waals surface area (Å²) in [6.45, 7) is 7.50. The zero-order valence-corrected chi connectivity index (χ0v) is 24.2. The van der Waals surface area contributed by atoms with Crippen LogP contribution in [0.15, 0.2) is 60.0 Å². The molecule has 2 aromatic carbocycles.